The van der Waals surface area contributed by atoms with Crippen molar-refractivity contribution in [2.75, 3.05) is 31.7 Å². The number of ether oxygens (including phenoxy) is 1. The first kappa shape index (κ1) is 17.1. The van der Waals surface area contributed by atoms with Crippen molar-refractivity contribution in [2.24, 2.45) is 0 Å². The molecular formula is C18H21FN4O3. The second-order valence-electron chi connectivity index (χ2n) is 6.79. The van der Waals surface area contributed by atoms with Crippen LogP contribution < -0.4 is 5.32 Å². The molecule has 2 atom stereocenters. The highest BCUT2D eigenvalue weighted by Gasteiger charge is 2.39. The van der Waals surface area contributed by atoms with E-state index in [-0.39, 0.29) is 30.2 Å². The molecule has 26 heavy (non-hydrogen) atoms. The number of benzene rings is 1. The molecule has 0 saturated carbocycles. The van der Waals surface area contributed by atoms with E-state index in [9.17, 15) is 14.3 Å². The summed E-state index contributed by atoms with van der Waals surface area (Å²) in [6, 6.07) is 6.15. The van der Waals surface area contributed by atoms with Crippen molar-refractivity contribution < 1.29 is 19.0 Å². The second-order valence-corrected chi connectivity index (χ2v) is 6.79. The van der Waals surface area contributed by atoms with Gasteiger partial charge in [0.05, 0.1) is 43.8 Å². The Balaban J connectivity index is 1.42. The number of nitrogens with zero attached hydrogens (tertiary/aromatic N) is 3. The molecule has 2 N–H and O–H groups in total. The summed E-state index contributed by atoms with van der Waals surface area (Å²) in [4.78, 5) is 14.5. The highest BCUT2D eigenvalue weighted by Crippen LogP contribution is 2.31. The van der Waals surface area contributed by atoms with E-state index in [1.54, 1.807) is 18.5 Å². The summed E-state index contributed by atoms with van der Waals surface area (Å²) in [5.74, 6) is -0.827. The Morgan fingerprint density at radius 2 is 2.23 bits per heavy atom. The molecule has 4 rings (SSSR count). The number of carbonyl (C=O) groups is 1. The molecule has 8 heteroatoms. The quantitative estimate of drug-likeness (QED) is 0.840. The lowest BCUT2D eigenvalue weighted by Crippen LogP contribution is -2.52. The standard InChI is InChI=1S/C18H21FN4O3/c19-13-3-1-2-12(4-13)18(25)21-14-6-20-23(7-14)15-5-16(9-24)22(8-15)17-10-26-11-17/h1-4,6-7,15-17,24H,5,8-11H2,(H,21,25)/t15-,16-/m0/s1. The van der Waals surface area contributed by atoms with Gasteiger partial charge in [0.15, 0.2) is 0 Å². The molecule has 2 aromatic rings. The number of anilines is 1. The number of likely N-dealkylation sites (tertiary alicyclic amines) is 1. The fourth-order valence-corrected chi connectivity index (χ4v) is 3.58. The molecular weight excluding hydrogens is 339 g/mol. The number of aromatic nitrogens is 2. The lowest BCUT2D eigenvalue weighted by Gasteiger charge is -2.37. The Bertz CT molecular complexity index is 792. The maximum Gasteiger partial charge on any atom is 0.255 e. The minimum absolute atomic E-state index is 0.100. The van der Waals surface area contributed by atoms with Crippen molar-refractivity contribution in [2.45, 2.75) is 24.5 Å². The van der Waals surface area contributed by atoms with Gasteiger partial charge in [0.2, 0.25) is 0 Å². The Kier molecular flexibility index (Phi) is 4.71. The highest BCUT2D eigenvalue weighted by atomic mass is 19.1. The minimum Gasteiger partial charge on any atom is -0.395 e. The van der Waals surface area contributed by atoms with Gasteiger partial charge in [0, 0.05) is 24.3 Å². The third kappa shape index (κ3) is 3.35. The molecule has 0 spiro atoms. The van der Waals surface area contributed by atoms with Crippen molar-refractivity contribution in [1.82, 2.24) is 14.7 Å². The monoisotopic (exact) mass is 360 g/mol. The molecule has 1 aromatic heterocycles. The Hall–Kier alpha value is -2.29. The molecule has 0 radical (unpaired) electrons. The molecule has 0 unspecified atom stereocenters. The molecule has 0 bridgehead atoms. The third-order valence-corrected chi connectivity index (χ3v) is 5.06. The van der Waals surface area contributed by atoms with E-state index in [0.29, 0.717) is 24.9 Å². The normalized spacial score (nSPS) is 23.8. The molecule has 1 aromatic carbocycles. The van der Waals surface area contributed by atoms with Crippen molar-refractivity contribution in [3.05, 3.63) is 48.0 Å². The second kappa shape index (κ2) is 7.14. The minimum atomic E-state index is -0.450. The van der Waals surface area contributed by atoms with Gasteiger partial charge < -0.3 is 15.2 Å². The average molecular weight is 360 g/mol. The van der Waals surface area contributed by atoms with Crippen molar-refractivity contribution >= 4 is 11.6 Å². The molecule has 2 aliphatic heterocycles. The summed E-state index contributed by atoms with van der Waals surface area (Å²) in [5, 5.41) is 16.7. The predicted octanol–water partition coefficient (Wildman–Crippen LogP) is 1.28. The summed E-state index contributed by atoms with van der Waals surface area (Å²) in [5.41, 5.74) is 0.820. The number of nitrogens with one attached hydrogen (secondary N) is 1. The van der Waals surface area contributed by atoms with Gasteiger partial charge in [-0.25, -0.2) is 4.39 Å². The Morgan fingerprint density at radius 1 is 1.38 bits per heavy atom. The summed E-state index contributed by atoms with van der Waals surface area (Å²) in [7, 11) is 0. The van der Waals surface area contributed by atoms with E-state index in [1.165, 1.54) is 18.2 Å². The van der Waals surface area contributed by atoms with Crippen LogP contribution in [0.3, 0.4) is 0 Å². The topological polar surface area (TPSA) is 79.6 Å². The van der Waals surface area contributed by atoms with Crippen LogP contribution in [0.25, 0.3) is 0 Å². The number of aliphatic hydroxyl groups is 1. The molecule has 7 nitrogen and oxygen atoms in total. The van der Waals surface area contributed by atoms with Crippen LogP contribution in [0.2, 0.25) is 0 Å². The summed E-state index contributed by atoms with van der Waals surface area (Å²) in [6.07, 6.45) is 4.16. The number of carbonyl (C=O) groups excluding carboxylic acids is 1. The number of halogens is 1. The first-order valence-electron chi connectivity index (χ1n) is 8.69. The molecule has 138 valence electrons. The summed E-state index contributed by atoms with van der Waals surface area (Å²) in [6.45, 7) is 2.31. The molecule has 2 aliphatic rings. The van der Waals surface area contributed by atoms with Crippen LogP contribution in [-0.4, -0.2) is 64.1 Å². The largest absolute Gasteiger partial charge is 0.395 e. The Labute approximate surface area is 150 Å². The van der Waals surface area contributed by atoms with Crippen LogP contribution in [0, 0.1) is 5.82 Å². The van der Waals surface area contributed by atoms with Crippen LogP contribution in [0.4, 0.5) is 10.1 Å². The van der Waals surface area contributed by atoms with E-state index >= 15 is 0 Å². The number of rotatable bonds is 5. The smallest absolute Gasteiger partial charge is 0.255 e. The molecule has 3 heterocycles. The average Bonchev–Trinajstić information content (AvgIpc) is 3.20. The number of hydrogen-bond donors (Lipinski definition) is 2. The van der Waals surface area contributed by atoms with Crippen LogP contribution in [0.1, 0.15) is 22.8 Å². The lowest BCUT2D eigenvalue weighted by molar-refractivity contribution is -0.0749. The van der Waals surface area contributed by atoms with E-state index in [2.05, 4.69) is 15.3 Å². The predicted molar refractivity (Wildman–Crippen MR) is 92.4 cm³/mol. The van der Waals surface area contributed by atoms with Gasteiger partial charge in [-0.2, -0.15) is 5.10 Å². The first-order chi connectivity index (χ1) is 12.6. The third-order valence-electron chi connectivity index (χ3n) is 5.06. The Morgan fingerprint density at radius 3 is 2.92 bits per heavy atom. The van der Waals surface area contributed by atoms with Gasteiger partial charge in [-0.3, -0.25) is 14.4 Å². The van der Waals surface area contributed by atoms with Crippen LogP contribution in [-0.2, 0) is 4.74 Å². The maximum atomic E-state index is 13.3. The van der Waals surface area contributed by atoms with Crippen LogP contribution in [0.5, 0.6) is 0 Å². The molecule has 1 amide bonds. The van der Waals surface area contributed by atoms with Gasteiger partial charge in [-0.05, 0) is 24.6 Å². The van der Waals surface area contributed by atoms with E-state index in [4.69, 9.17) is 4.74 Å². The van der Waals surface area contributed by atoms with Gasteiger partial charge in [-0.1, -0.05) is 6.07 Å². The molecule has 2 fully saturated rings. The van der Waals surface area contributed by atoms with E-state index in [0.717, 1.165) is 13.0 Å². The van der Waals surface area contributed by atoms with Crippen LogP contribution >= 0.6 is 0 Å². The molecule has 0 aliphatic carbocycles. The van der Waals surface area contributed by atoms with Crippen LogP contribution in [0.15, 0.2) is 36.7 Å². The van der Waals surface area contributed by atoms with Crippen molar-refractivity contribution in [3.63, 3.8) is 0 Å². The number of hydrogen-bond acceptors (Lipinski definition) is 5. The number of amides is 1. The van der Waals surface area contributed by atoms with Gasteiger partial charge in [-0.15, -0.1) is 0 Å². The van der Waals surface area contributed by atoms with E-state index in [1.807, 2.05) is 4.68 Å². The van der Waals surface area contributed by atoms with E-state index < -0.39 is 5.82 Å². The SMILES string of the molecule is O=C(Nc1cnn([C@H]2C[C@@H](CO)N(C3COC3)C2)c1)c1cccc(F)c1. The zero-order valence-electron chi connectivity index (χ0n) is 14.2. The zero-order valence-corrected chi connectivity index (χ0v) is 14.2. The number of aliphatic hydroxyl groups excluding tert-OH is 1. The van der Waals surface area contributed by atoms with Crippen molar-refractivity contribution in [3.8, 4) is 0 Å². The van der Waals surface area contributed by atoms with Gasteiger partial charge in [0.1, 0.15) is 5.82 Å². The fourth-order valence-electron chi connectivity index (χ4n) is 3.58. The first-order valence-corrected chi connectivity index (χ1v) is 8.69. The van der Waals surface area contributed by atoms with Gasteiger partial charge in [0.25, 0.3) is 5.91 Å². The van der Waals surface area contributed by atoms with Gasteiger partial charge >= 0.3 is 0 Å². The molecule has 2 saturated heterocycles. The fraction of sp³-hybridized carbons (Fsp3) is 0.444. The lowest BCUT2D eigenvalue weighted by atomic mass is 10.1. The maximum absolute atomic E-state index is 13.3. The van der Waals surface area contributed by atoms with Crippen molar-refractivity contribution in [1.29, 1.82) is 0 Å². The summed E-state index contributed by atoms with van der Waals surface area (Å²) < 4.78 is 20.3. The highest BCUT2D eigenvalue weighted by molar-refractivity contribution is 6.04. The summed E-state index contributed by atoms with van der Waals surface area (Å²) >= 11 is 0. The zero-order chi connectivity index (χ0) is 18.1.